The lowest BCUT2D eigenvalue weighted by Crippen LogP contribution is -2.42. The molecule has 1 fully saturated rings. The Hall–Kier alpha value is -0.720. The van der Waals surface area contributed by atoms with Crippen LogP contribution in [-0.4, -0.2) is 25.1 Å². The molecule has 2 atom stereocenters. The van der Waals surface area contributed by atoms with E-state index in [9.17, 15) is 13.3 Å². The van der Waals surface area contributed by atoms with Crippen LogP contribution in [0.5, 0.6) is 0 Å². The molecule has 0 N–H and O–H groups in total. The summed E-state index contributed by atoms with van der Waals surface area (Å²) in [5.74, 6) is -1.24. The average Bonchev–Trinajstić information content (AvgIpc) is 2.78. The SMILES string of the molecule is CC(C)(C)[S@+]([O-])N1CCC[C@@H]1c1nc(F)ccc1F. The van der Waals surface area contributed by atoms with Crippen LogP contribution < -0.4 is 0 Å². The minimum Gasteiger partial charge on any atom is -0.597 e. The Bertz CT molecular complexity index is 464. The highest BCUT2D eigenvalue weighted by Crippen LogP contribution is 2.37. The molecule has 0 amide bonds. The summed E-state index contributed by atoms with van der Waals surface area (Å²) in [7, 11) is 0. The van der Waals surface area contributed by atoms with E-state index >= 15 is 0 Å². The van der Waals surface area contributed by atoms with Gasteiger partial charge in [-0.2, -0.15) is 4.39 Å². The van der Waals surface area contributed by atoms with Crippen LogP contribution in [-0.2, 0) is 11.4 Å². The smallest absolute Gasteiger partial charge is 0.213 e. The zero-order chi connectivity index (χ0) is 14.2. The molecule has 19 heavy (non-hydrogen) atoms. The normalized spacial score (nSPS) is 22.7. The van der Waals surface area contributed by atoms with E-state index < -0.39 is 33.9 Å². The maximum absolute atomic E-state index is 13.8. The van der Waals surface area contributed by atoms with Crippen molar-refractivity contribution in [1.29, 1.82) is 0 Å². The molecule has 106 valence electrons. The quantitative estimate of drug-likeness (QED) is 0.620. The topological polar surface area (TPSA) is 39.2 Å². The fraction of sp³-hybridized carbons (Fsp3) is 0.615. The first-order valence-corrected chi connectivity index (χ1v) is 7.42. The van der Waals surface area contributed by atoms with Gasteiger partial charge in [-0.1, -0.05) is 0 Å². The molecule has 0 aromatic carbocycles. The molecule has 2 heterocycles. The first-order valence-electron chi connectivity index (χ1n) is 6.31. The van der Waals surface area contributed by atoms with Crippen LogP contribution in [0.25, 0.3) is 0 Å². The Morgan fingerprint density at radius 2 is 2.05 bits per heavy atom. The number of aromatic nitrogens is 1. The summed E-state index contributed by atoms with van der Waals surface area (Å²) in [6.45, 7) is 6.22. The van der Waals surface area contributed by atoms with Gasteiger partial charge in [0.05, 0.1) is 0 Å². The van der Waals surface area contributed by atoms with E-state index in [2.05, 4.69) is 4.98 Å². The molecule has 0 unspecified atom stereocenters. The second kappa shape index (κ2) is 5.34. The van der Waals surface area contributed by atoms with Gasteiger partial charge in [-0.25, -0.2) is 9.37 Å². The van der Waals surface area contributed by atoms with Gasteiger partial charge in [0.1, 0.15) is 22.3 Å². The monoisotopic (exact) mass is 288 g/mol. The molecule has 0 aliphatic carbocycles. The van der Waals surface area contributed by atoms with Gasteiger partial charge < -0.3 is 4.55 Å². The predicted molar refractivity (Wildman–Crippen MR) is 70.7 cm³/mol. The van der Waals surface area contributed by atoms with Crippen LogP contribution in [0.2, 0.25) is 0 Å². The van der Waals surface area contributed by atoms with Crippen LogP contribution in [0.3, 0.4) is 0 Å². The van der Waals surface area contributed by atoms with Gasteiger partial charge in [-0.3, -0.25) is 0 Å². The highest BCUT2D eigenvalue weighted by molar-refractivity contribution is 7.90. The molecule has 6 heteroatoms. The summed E-state index contributed by atoms with van der Waals surface area (Å²) in [6, 6.07) is 1.67. The van der Waals surface area contributed by atoms with Crippen LogP contribution in [0.15, 0.2) is 12.1 Å². The van der Waals surface area contributed by atoms with Gasteiger partial charge in [-0.05, 0) is 45.7 Å². The van der Waals surface area contributed by atoms with Gasteiger partial charge in [0.2, 0.25) is 5.95 Å². The van der Waals surface area contributed by atoms with Gasteiger partial charge in [0.25, 0.3) is 0 Å². The third-order valence-corrected chi connectivity index (χ3v) is 5.01. The Labute approximate surface area is 115 Å². The summed E-state index contributed by atoms with van der Waals surface area (Å²) in [5, 5.41) is 0. The van der Waals surface area contributed by atoms with E-state index in [0.29, 0.717) is 13.0 Å². The summed E-state index contributed by atoms with van der Waals surface area (Å²) in [5.41, 5.74) is 0.0649. The van der Waals surface area contributed by atoms with Crippen molar-refractivity contribution in [3.05, 3.63) is 29.6 Å². The number of hydrogen-bond donors (Lipinski definition) is 0. The summed E-state index contributed by atoms with van der Waals surface area (Å²) in [6.07, 6.45) is 1.46. The van der Waals surface area contributed by atoms with Crippen molar-refractivity contribution >= 4 is 11.4 Å². The predicted octanol–water partition coefficient (Wildman–Crippen LogP) is 2.96. The van der Waals surface area contributed by atoms with E-state index in [1.165, 1.54) is 0 Å². The highest BCUT2D eigenvalue weighted by Gasteiger charge is 2.42. The lowest BCUT2D eigenvalue weighted by molar-refractivity contribution is 0.361. The second-order valence-corrected chi connectivity index (χ2v) is 7.85. The fourth-order valence-corrected chi connectivity index (χ4v) is 3.67. The van der Waals surface area contributed by atoms with Crippen molar-refractivity contribution in [3.8, 4) is 0 Å². The van der Waals surface area contributed by atoms with Crippen molar-refractivity contribution in [2.75, 3.05) is 6.54 Å². The summed E-state index contributed by atoms with van der Waals surface area (Å²) in [4.78, 5) is 3.65. The number of nitrogens with zero attached hydrogens (tertiary/aromatic N) is 2. The first kappa shape index (κ1) is 14.7. The molecule has 3 nitrogen and oxygen atoms in total. The van der Waals surface area contributed by atoms with E-state index in [-0.39, 0.29) is 5.69 Å². The first-order chi connectivity index (χ1) is 8.80. The largest absolute Gasteiger partial charge is 0.597 e. The van der Waals surface area contributed by atoms with E-state index in [0.717, 1.165) is 18.6 Å². The lowest BCUT2D eigenvalue weighted by Gasteiger charge is -2.33. The van der Waals surface area contributed by atoms with Gasteiger partial charge in [0, 0.05) is 17.9 Å². The zero-order valence-corrected chi connectivity index (χ0v) is 12.1. The number of halogens is 2. The standard InChI is InChI=1S/C13H18F2N2OS/c1-13(2,3)19(18)17-8-4-5-10(17)12-9(14)6-7-11(15)16-12/h6-7,10H,4-5,8H2,1-3H3/t10-,19+/m1/s1. The minimum absolute atomic E-state index is 0.0649. The third kappa shape index (κ3) is 3.07. The zero-order valence-electron chi connectivity index (χ0n) is 11.3. The Kier molecular flexibility index (Phi) is 4.13. The molecule has 0 saturated carbocycles. The molecule has 0 bridgehead atoms. The molecular weight excluding hydrogens is 270 g/mol. The maximum Gasteiger partial charge on any atom is 0.213 e. The van der Waals surface area contributed by atoms with Crippen LogP contribution >= 0.6 is 0 Å². The second-order valence-electron chi connectivity index (χ2n) is 5.66. The fourth-order valence-electron chi connectivity index (χ4n) is 2.23. The van der Waals surface area contributed by atoms with Crippen molar-refractivity contribution in [3.63, 3.8) is 0 Å². The summed E-state index contributed by atoms with van der Waals surface area (Å²) >= 11 is -1.25. The molecule has 1 saturated heterocycles. The van der Waals surface area contributed by atoms with Crippen LogP contribution in [0.4, 0.5) is 8.78 Å². The van der Waals surface area contributed by atoms with Crippen molar-refractivity contribution in [2.24, 2.45) is 0 Å². The van der Waals surface area contributed by atoms with Gasteiger partial charge in [-0.15, -0.1) is 4.31 Å². The van der Waals surface area contributed by atoms with E-state index in [1.54, 1.807) is 4.31 Å². The number of rotatable bonds is 2. The maximum atomic E-state index is 13.8. The van der Waals surface area contributed by atoms with Crippen molar-refractivity contribution in [2.45, 2.75) is 44.4 Å². The van der Waals surface area contributed by atoms with E-state index in [4.69, 9.17) is 0 Å². The van der Waals surface area contributed by atoms with Gasteiger partial charge >= 0.3 is 0 Å². The molecule has 0 spiro atoms. The molecule has 1 aliphatic heterocycles. The van der Waals surface area contributed by atoms with E-state index in [1.807, 2.05) is 20.8 Å². The molecule has 1 aliphatic rings. The molecule has 0 radical (unpaired) electrons. The minimum atomic E-state index is -1.25. The third-order valence-electron chi connectivity index (χ3n) is 3.10. The Morgan fingerprint density at radius 3 is 2.68 bits per heavy atom. The number of pyridine rings is 1. The number of hydrogen-bond acceptors (Lipinski definition) is 3. The molecular formula is C13H18F2N2OS. The lowest BCUT2D eigenvalue weighted by atomic mass is 10.1. The molecule has 2 rings (SSSR count). The highest BCUT2D eigenvalue weighted by atomic mass is 32.2. The van der Waals surface area contributed by atoms with Crippen LogP contribution in [0.1, 0.15) is 45.3 Å². The Balaban J connectivity index is 2.31. The van der Waals surface area contributed by atoms with Crippen LogP contribution in [0, 0.1) is 11.8 Å². The summed E-state index contributed by atoms with van der Waals surface area (Å²) < 4.78 is 40.7. The van der Waals surface area contributed by atoms with Gasteiger partial charge in [0.15, 0.2) is 0 Å². The average molecular weight is 288 g/mol. The molecule has 1 aromatic heterocycles. The molecule has 1 aromatic rings. The Morgan fingerprint density at radius 1 is 1.37 bits per heavy atom. The van der Waals surface area contributed by atoms with Crippen molar-refractivity contribution in [1.82, 2.24) is 9.29 Å². The van der Waals surface area contributed by atoms with Crippen molar-refractivity contribution < 1.29 is 13.3 Å².